The monoisotopic (exact) mass is 377 g/mol. The van der Waals surface area contributed by atoms with E-state index in [1.807, 2.05) is 23.1 Å². The van der Waals surface area contributed by atoms with Crippen LogP contribution in [0.5, 0.6) is 0 Å². The summed E-state index contributed by atoms with van der Waals surface area (Å²) >= 11 is 0. The molecule has 0 atom stereocenters. The lowest BCUT2D eigenvalue weighted by atomic mass is 9.99. The molecule has 0 saturated carbocycles. The predicted molar refractivity (Wildman–Crippen MR) is 110 cm³/mol. The molecular weight excluding hydrogens is 350 g/mol. The Kier molecular flexibility index (Phi) is 5.60. The zero-order valence-corrected chi connectivity index (χ0v) is 16.2. The van der Waals surface area contributed by atoms with Crippen LogP contribution in [0.25, 0.3) is 0 Å². The smallest absolute Gasteiger partial charge is 0.251 e. The van der Waals surface area contributed by atoms with Crippen molar-refractivity contribution in [2.45, 2.75) is 32.2 Å². The van der Waals surface area contributed by atoms with Crippen LogP contribution in [-0.4, -0.2) is 42.9 Å². The summed E-state index contributed by atoms with van der Waals surface area (Å²) in [7, 11) is 0. The summed E-state index contributed by atoms with van der Waals surface area (Å²) in [6, 6.07) is 16.4. The van der Waals surface area contributed by atoms with Gasteiger partial charge < -0.3 is 15.1 Å². The minimum atomic E-state index is -0.0491. The first-order chi connectivity index (χ1) is 13.7. The molecule has 2 aromatic carbocycles. The Bertz CT molecular complexity index is 864. The highest BCUT2D eigenvalue weighted by Crippen LogP contribution is 2.25. The third-order valence-electron chi connectivity index (χ3n) is 5.67. The van der Waals surface area contributed by atoms with E-state index in [2.05, 4.69) is 40.5 Å². The summed E-state index contributed by atoms with van der Waals surface area (Å²) in [5.74, 6) is 0.189. The van der Waals surface area contributed by atoms with Gasteiger partial charge in [0.1, 0.15) is 0 Å². The van der Waals surface area contributed by atoms with Crippen LogP contribution >= 0.6 is 0 Å². The first-order valence-corrected chi connectivity index (χ1v) is 10.2. The number of amides is 2. The molecule has 0 aliphatic carbocycles. The van der Waals surface area contributed by atoms with E-state index in [-0.39, 0.29) is 11.8 Å². The summed E-state index contributed by atoms with van der Waals surface area (Å²) in [4.78, 5) is 28.4. The maximum Gasteiger partial charge on any atom is 0.251 e. The van der Waals surface area contributed by atoms with Crippen molar-refractivity contribution in [1.29, 1.82) is 0 Å². The van der Waals surface area contributed by atoms with Gasteiger partial charge in [-0.25, -0.2) is 0 Å². The van der Waals surface area contributed by atoms with Gasteiger partial charge >= 0.3 is 0 Å². The highest BCUT2D eigenvalue weighted by atomic mass is 16.2. The number of carbonyl (C=O) groups is 2. The van der Waals surface area contributed by atoms with Crippen LogP contribution in [-0.2, 0) is 17.8 Å². The van der Waals surface area contributed by atoms with Gasteiger partial charge in [0.05, 0.1) is 0 Å². The summed E-state index contributed by atoms with van der Waals surface area (Å²) in [5, 5.41) is 2.99. The highest BCUT2D eigenvalue weighted by molar-refractivity contribution is 5.95. The number of fused-ring (bicyclic) bond motifs is 1. The second-order valence-corrected chi connectivity index (χ2v) is 7.58. The molecule has 2 amide bonds. The Morgan fingerprint density at radius 2 is 1.86 bits per heavy atom. The largest absolute Gasteiger partial charge is 0.367 e. The van der Waals surface area contributed by atoms with Crippen molar-refractivity contribution in [2.75, 3.05) is 31.1 Å². The van der Waals surface area contributed by atoms with E-state index < -0.39 is 0 Å². The molecule has 146 valence electrons. The molecule has 0 spiro atoms. The van der Waals surface area contributed by atoms with Crippen molar-refractivity contribution >= 4 is 17.5 Å². The fourth-order valence-corrected chi connectivity index (χ4v) is 4.07. The van der Waals surface area contributed by atoms with Crippen LogP contribution in [0.2, 0.25) is 0 Å². The zero-order chi connectivity index (χ0) is 19.3. The number of nitrogens with one attached hydrogen (secondary N) is 1. The Labute approximate surface area is 166 Å². The maximum atomic E-state index is 12.5. The standard InChI is InChI=1S/C23H27N3O2/c27-22-10-4-13-25(22)14-5-12-24-23(28)19-8-3-9-21(16-19)26-15-11-18-6-1-2-7-20(18)17-26/h1-3,6-9,16H,4-5,10-15,17H2,(H,24,28). The van der Waals surface area contributed by atoms with Crippen LogP contribution < -0.4 is 10.2 Å². The van der Waals surface area contributed by atoms with Crippen molar-refractivity contribution in [1.82, 2.24) is 10.2 Å². The zero-order valence-electron chi connectivity index (χ0n) is 16.2. The number of hydrogen-bond donors (Lipinski definition) is 1. The van der Waals surface area contributed by atoms with Gasteiger partial charge in [-0.3, -0.25) is 9.59 Å². The number of likely N-dealkylation sites (tertiary alicyclic amines) is 1. The molecule has 2 aromatic rings. The van der Waals surface area contributed by atoms with Crippen LogP contribution in [0.4, 0.5) is 5.69 Å². The lowest BCUT2D eigenvalue weighted by Gasteiger charge is -2.31. The number of rotatable bonds is 6. The van der Waals surface area contributed by atoms with E-state index in [1.54, 1.807) is 0 Å². The van der Waals surface area contributed by atoms with Crippen molar-refractivity contribution < 1.29 is 9.59 Å². The fourth-order valence-electron chi connectivity index (χ4n) is 4.07. The maximum absolute atomic E-state index is 12.5. The van der Waals surface area contributed by atoms with E-state index in [4.69, 9.17) is 0 Å². The van der Waals surface area contributed by atoms with Gasteiger partial charge in [-0.15, -0.1) is 0 Å². The van der Waals surface area contributed by atoms with Crippen molar-refractivity contribution in [3.05, 3.63) is 65.2 Å². The predicted octanol–water partition coefficient (Wildman–Crippen LogP) is 2.99. The molecule has 4 rings (SSSR count). The van der Waals surface area contributed by atoms with Gasteiger partial charge in [0.15, 0.2) is 0 Å². The second kappa shape index (κ2) is 8.46. The minimum absolute atomic E-state index is 0.0491. The number of carbonyl (C=O) groups excluding carboxylic acids is 2. The van der Waals surface area contributed by atoms with E-state index in [0.717, 1.165) is 51.1 Å². The van der Waals surface area contributed by atoms with E-state index >= 15 is 0 Å². The summed E-state index contributed by atoms with van der Waals surface area (Å²) in [5.41, 5.74) is 4.56. The Hall–Kier alpha value is -2.82. The van der Waals surface area contributed by atoms with Crippen LogP contribution in [0.3, 0.4) is 0 Å². The van der Waals surface area contributed by atoms with E-state index in [9.17, 15) is 9.59 Å². The molecule has 1 N–H and O–H groups in total. The summed E-state index contributed by atoms with van der Waals surface area (Å²) < 4.78 is 0. The van der Waals surface area contributed by atoms with Gasteiger partial charge in [0.2, 0.25) is 5.91 Å². The average Bonchev–Trinajstić information content (AvgIpc) is 3.15. The lowest BCUT2D eigenvalue weighted by Crippen LogP contribution is -2.31. The van der Waals surface area contributed by atoms with E-state index in [0.29, 0.717) is 18.5 Å². The van der Waals surface area contributed by atoms with Crippen LogP contribution in [0.1, 0.15) is 40.7 Å². The first kappa shape index (κ1) is 18.5. The van der Waals surface area contributed by atoms with Gasteiger partial charge in [0, 0.05) is 50.4 Å². The minimum Gasteiger partial charge on any atom is -0.367 e. The number of hydrogen-bond acceptors (Lipinski definition) is 3. The molecular formula is C23H27N3O2. The van der Waals surface area contributed by atoms with Gasteiger partial charge in [-0.05, 0) is 48.6 Å². The molecule has 2 aliphatic rings. The van der Waals surface area contributed by atoms with Gasteiger partial charge in [-0.1, -0.05) is 30.3 Å². The Morgan fingerprint density at radius 3 is 2.68 bits per heavy atom. The molecule has 5 nitrogen and oxygen atoms in total. The molecule has 5 heteroatoms. The molecule has 0 aromatic heterocycles. The fraction of sp³-hybridized carbons (Fsp3) is 0.391. The van der Waals surface area contributed by atoms with Crippen LogP contribution in [0, 0.1) is 0 Å². The molecule has 1 fully saturated rings. The Balaban J connectivity index is 1.32. The molecule has 1 saturated heterocycles. The summed E-state index contributed by atoms with van der Waals surface area (Å²) in [6.07, 6.45) is 3.45. The summed E-state index contributed by atoms with van der Waals surface area (Å²) in [6.45, 7) is 4.01. The number of benzene rings is 2. The highest BCUT2D eigenvalue weighted by Gasteiger charge is 2.19. The van der Waals surface area contributed by atoms with Crippen LogP contribution in [0.15, 0.2) is 48.5 Å². The van der Waals surface area contributed by atoms with Crippen molar-refractivity contribution in [2.24, 2.45) is 0 Å². The third-order valence-corrected chi connectivity index (χ3v) is 5.67. The van der Waals surface area contributed by atoms with Gasteiger partial charge in [-0.2, -0.15) is 0 Å². The van der Waals surface area contributed by atoms with Crippen molar-refractivity contribution in [3.8, 4) is 0 Å². The first-order valence-electron chi connectivity index (χ1n) is 10.2. The SMILES string of the molecule is O=C(NCCCN1CCCC1=O)c1cccc(N2CCc3ccccc3C2)c1. The second-order valence-electron chi connectivity index (χ2n) is 7.58. The number of anilines is 1. The van der Waals surface area contributed by atoms with Gasteiger partial charge in [0.25, 0.3) is 5.91 Å². The molecule has 0 bridgehead atoms. The van der Waals surface area contributed by atoms with Crippen molar-refractivity contribution in [3.63, 3.8) is 0 Å². The third kappa shape index (κ3) is 4.19. The molecule has 2 aliphatic heterocycles. The Morgan fingerprint density at radius 1 is 1.00 bits per heavy atom. The topological polar surface area (TPSA) is 52.7 Å². The molecule has 2 heterocycles. The van der Waals surface area contributed by atoms with E-state index in [1.165, 1.54) is 11.1 Å². The molecule has 0 unspecified atom stereocenters. The number of nitrogens with zero attached hydrogens (tertiary/aromatic N) is 2. The normalized spacial score (nSPS) is 16.2. The lowest BCUT2D eigenvalue weighted by molar-refractivity contribution is -0.127. The molecule has 28 heavy (non-hydrogen) atoms. The average molecular weight is 377 g/mol. The quantitative estimate of drug-likeness (QED) is 0.788. The molecule has 0 radical (unpaired) electrons.